The molecule has 0 spiro atoms. The van der Waals surface area contributed by atoms with Gasteiger partial charge in [-0.25, -0.2) is 0 Å². The summed E-state index contributed by atoms with van der Waals surface area (Å²) in [5.41, 5.74) is 7.36. The van der Waals surface area contributed by atoms with Crippen LogP contribution in [-0.2, 0) is 16.0 Å². The van der Waals surface area contributed by atoms with Gasteiger partial charge in [-0.2, -0.15) is 0 Å². The molecule has 2 aromatic carbocycles. The van der Waals surface area contributed by atoms with Crippen LogP contribution in [0, 0.1) is 0 Å². The van der Waals surface area contributed by atoms with Crippen molar-refractivity contribution in [2.45, 2.75) is 12.5 Å². The predicted molar refractivity (Wildman–Crippen MR) is 94.6 cm³/mol. The number of amides is 1. The number of nitrogens with two attached hydrogens (primary N) is 1. The fourth-order valence-electron chi connectivity index (χ4n) is 2.12. The molecule has 0 aromatic heterocycles. The van der Waals surface area contributed by atoms with E-state index in [1.807, 2.05) is 0 Å². The lowest BCUT2D eigenvalue weighted by atomic mass is 10.1. The molecular weight excluding hydrogens is 351 g/mol. The molecule has 2 rings (SSSR count). The number of esters is 1. The number of anilines is 1. The predicted octanol–water partition coefficient (Wildman–Crippen LogP) is 3.29. The van der Waals surface area contributed by atoms with Crippen LogP contribution in [0.1, 0.15) is 15.9 Å². The number of carbonyl (C=O) groups is 2. The first-order chi connectivity index (χ1) is 11.4. The Hall–Kier alpha value is -2.08. The van der Waals surface area contributed by atoms with Crippen molar-refractivity contribution in [3.8, 4) is 0 Å². The Labute approximate surface area is 149 Å². The zero-order chi connectivity index (χ0) is 17.7. The maximum absolute atomic E-state index is 12.3. The standard InChI is InChI=1S/C17H16Cl2N2O3/c1-24-17(23)14(20)9-10-5-7-11(8-6-10)21-16(22)15-12(18)3-2-4-13(15)19/h2-8,14H,9,20H2,1H3,(H,21,22). The molecule has 0 radical (unpaired) electrons. The lowest BCUT2D eigenvalue weighted by Crippen LogP contribution is -2.33. The number of carbonyl (C=O) groups excluding carboxylic acids is 2. The third kappa shape index (κ3) is 4.47. The summed E-state index contributed by atoms with van der Waals surface area (Å²) < 4.78 is 4.59. The van der Waals surface area contributed by atoms with E-state index >= 15 is 0 Å². The average Bonchev–Trinajstić information content (AvgIpc) is 2.55. The topological polar surface area (TPSA) is 81.4 Å². The first-order valence-corrected chi connectivity index (χ1v) is 7.85. The Kier molecular flexibility index (Phi) is 6.20. The molecule has 0 bridgehead atoms. The van der Waals surface area contributed by atoms with Gasteiger partial charge in [-0.05, 0) is 36.2 Å². The molecule has 5 nitrogen and oxygen atoms in total. The lowest BCUT2D eigenvalue weighted by molar-refractivity contribution is -0.142. The number of hydrogen-bond acceptors (Lipinski definition) is 4. The molecule has 7 heteroatoms. The summed E-state index contributed by atoms with van der Waals surface area (Å²) in [7, 11) is 1.29. The highest BCUT2D eigenvalue weighted by atomic mass is 35.5. The van der Waals surface area contributed by atoms with Gasteiger partial charge in [-0.15, -0.1) is 0 Å². The Morgan fingerprint density at radius 3 is 2.25 bits per heavy atom. The van der Waals surface area contributed by atoms with E-state index in [4.69, 9.17) is 28.9 Å². The molecule has 0 saturated carbocycles. The van der Waals surface area contributed by atoms with Crippen LogP contribution in [0.15, 0.2) is 42.5 Å². The van der Waals surface area contributed by atoms with E-state index in [9.17, 15) is 9.59 Å². The van der Waals surface area contributed by atoms with Gasteiger partial charge in [0.05, 0.1) is 22.7 Å². The first-order valence-electron chi connectivity index (χ1n) is 7.10. The van der Waals surface area contributed by atoms with Crippen LogP contribution in [0.5, 0.6) is 0 Å². The number of halogens is 2. The van der Waals surface area contributed by atoms with E-state index < -0.39 is 17.9 Å². The van der Waals surface area contributed by atoms with Gasteiger partial charge in [0.15, 0.2) is 0 Å². The molecule has 0 aliphatic carbocycles. The fourth-order valence-corrected chi connectivity index (χ4v) is 2.69. The zero-order valence-electron chi connectivity index (χ0n) is 12.9. The van der Waals surface area contributed by atoms with E-state index in [0.717, 1.165) is 5.56 Å². The molecule has 0 aliphatic rings. The fraction of sp³-hybridized carbons (Fsp3) is 0.176. The minimum absolute atomic E-state index is 0.220. The molecule has 0 heterocycles. The highest BCUT2D eigenvalue weighted by Crippen LogP contribution is 2.25. The molecular formula is C17H16Cl2N2O3. The van der Waals surface area contributed by atoms with Crippen molar-refractivity contribution in [3.63, 3.8) is 0 Å². The number of hydrogen-bond donors (Lipinski definition) is 2. The van der Waals surface area contributed by atoms with Gasteiger partial charge in [-0.3, -0.25) is 9.59 Å². The van der Waals surface area contributed by atoms with E-state index in [-0.39, 0.29) is 15.6 Å². The number of benzene rings is 2. The van der Waals surface area contributed by atoms with Crippen molar-refractivity contribution >= 4 is 40.8 Å². The minimum Gasteiger partial charge on any atom is -0.468 e. The molecule has 1 amide bonds. The number of methoxy groups -OCH3 is 1. The summed E-state index contributed by atoms with van der Waals surface area (Å²) in [5.74, 6) is -0.870. The van der Waals surface area contributed by atoms with Crippen LogP contribution in [0.4, 0.5) is 5.69 Å². The Bertz CT molecular complexity index is 728. The monoisotopic (exact) mass is 366 g/mol. The van der Waals surface area contributed by atoms with Crippen LogP contribution in [0.3, 0.4) is 0 Å². The average molecular weight is 367 g/mol. The van der Waals surface area contributed by atoms with Crippen LogP contribution in [0.25, 0.3) is 0 Å². The van der Waals surface area contributed by atoms with Crippen LogP contribution in [0.2, 0.25) is 10.0 Å². The summed E-state index contributed by atoms with van der Waals surface area (Å²) in [6, 6.07) is 11.1. The van der Waals surface area contributed by atoms with Gasteiger partial charge in [-0.1, -0.05) is 41.4 Å². The molecule has 24 heavy (non-hydrogen) atoms. The van der Waals surface area contributed by atoms with Gasteiger partial charge in [0.2, 0.25) is 0 Å². The van der Waals surface area contributed by atoms with Crippen LogP contribution in [-0.4, -0.2) is 25.0 Å². The summed E-state index contributed by atoms with van der Waals surface area (Å²) in [5, 5.41) is 3.28. The van der Waals surface area contributed by atoms with Gasteiger partial charge >= 0.3 is 5.97 Å². The highest BCUT2D eigenvalue weighted by molar-refractivity contribution is 6.40. The first kappa shape index (κ1) is 18.3. The summed E-state index contributed by atoms with van der Waals surface area (Å²) >= 11 is 12.0. The SMILES string of the molecule is COC(=O)C(N)Cc1ccc(NC(=O)c2c(Cl)cccc2Cl)cc1. The van der Waals surface area contributed by atoms with E-state index in [2.05, 4.69) is 10.1 Å². The number of ether oxygens (including phenoxy) is 1. The smallest absolute Gasteiger partial charge is 0.322 e. The molecule has 0 aliphatic heterocycles. The normalized spacial score (nSPS) is 11.7. The molecule has 1 unspecified atom stereocenters. The Morgan fingerprint density at radius 1 is 1.12 bits per heavy atom. The maximum atomic E-state index is 12.3. The van der Waals surface area contributed by atoms with Crippen LogP contribution < -0.4 is 11.1 Å². The molecule has 126 valence electrons. The third-order valence-electron chi connectivity index (χ3n) is 3.36. The maximum Gasteiger partial charge on any atom is 0.322 e. The summed E-state index contributed by atoms with van der Waals surface area (Å²) in [4.78, 5) is 23.6. The Balaban J connectivity index is 2.06. The van der Waals surface area contributed by atoms with E-state index in [1.165, 1.54) is 7.11 Å². The number of rotatable bonds is 5. The van der Waals surface area contributed by atoms with Gasteiger partial charge in [0.25, 0.3) is 5.91 Å². The second kappa shape index (κ2) is 8.15. The second-order valence-electron chi connectivity index (χ2n) is 5.08. The molecule has 2 aromatic rings. The quantitative estimate of drug-likeness (QED) is 0.795. The van der Waals surface area contributed by atoms with Gasteiger partial charge in [0.1, 0.15) is 6.04 Å². The molecule has 0 fully saturated rings. The highest BCUT2D eigenvalue weighted by Gasteiger charge is 2.16. The third-order valence-corrected chi connectivity index (χ3v) is 3.99. The van der Waals surface area contributed by atoms with Crippen molar-refractivity contribution in [1.82, 2.24) is 0 Å². The summed E-state index contributed by atoms with van der Waals surface area (Å²) in [6.45, 7) is 0. The second-order valence-corrected chi connectivity index (χ2v) is 5.90. The van der Waals surface area contributed by atoms with Crippen molar-refractivity contribution in [1.29, 1.82) is 0 Å². The van der Waals surface area contributed by atoms with Crippen LogP contribution >= 0.6 is 23.2 Å². The Morgan fingerprint density at radius 2 is 1.71 bits per heavy atom. The van der Waals surface area contributed by atoms with Crippen molar-refractivity contribution in [2.75, 3.05) is 12.4 Å². The lowest BCUT2D eigenvalue weighted by Gasteiger charge is -2.11. The molecule has 1 atom stereocenters. The zero-order valence-corrected chi connectivity index (χ0v) is 14.4. The van der Waals surface area contributed by atoms with E-state index in [1.54, 1.807) is 42.5 Å². The van der Waals surface area contributed by atoms with Gasteiger partial charge < -0.3 is 15.8 Å². The number of nitrogens with one attached hydrogen (secondary N) is 1. The molecule has 3 N–H and O–H groups in total. The van der Waals surface area contributed by atoms with Crippen molar-refractivity contribution in [3.05, 3.63) is 63.6 Å². The van der Waals surface area contributed by atoms with Gasteiger partial charge in [0, 0.05) is 5.69 Å². The largest absolute Gasteiger partial charge is 0.468 e. The van der Waals surface area contributed by atoms with E-state index in [0.29, 0.717) is 12.1 Å². The minimum atomic E-state index is -0.725. The summed E-state index contributed by atoms with van der Waals surface area (Å²) in [6.07, 6.45) is 0.344. The molecule has 0 saturated heterocycles. The van der Waals surface area contributed by atoms with Crippen molar-refractivity contribution in [2.24, 2.45) is 5.73 Å². The van der Waals surface area contributed by atoms with Crippen molar-refractivity contribution < 1.29 is 14.3 Å².